The number of hydrogen-bond acceptors (Lipinski definition) is 1. The molecule has 16 heavy (non-hydrogen) atoms. The van der Waals surface area contributed by atoms with Gasteiger partial charge in [-0.2, -0.15) is 0 Å². The molecule has 5 heteroatoms. The van der Waals surface area contributed by atoms with Crippen molar-refractivity contribution in [2.75, 3.05) is 0 Å². The second-order valence-electron chi connectivity index (χ2n) is 3.19. The molecular weight excluding hydrogens is 268 g/mol. The summed E-state index contributed by atoms with van der Waals surface area (Å²) in [5, 5.41) is 1.31. The van der Waals surface area contributed by atoms with E-state index in [-0.39, 0.29) is 5.56 Å². The molecular formula is C11H6Cl3NO. The van der Waals surface area contributed by atoms with E-state index in [9.17, 15) is 4.79 Å². The Morgan fingerprint density at radius 3 is 2.44 bits per heavy atom. The van der Waals surface area contributed by atoms with Gasteiger partial charge in [-0.3, -0.25) is 4.79 Å². The van der Waals surface area contributed by atoms with E-state index in [2.05, 4.69) is 4.98 Å². The lowest BCUT2D eigenvalue weighted by atomic mass is 10.1. The molecule has 0 bridgehead atoms. The van der Waals surface area contributed by atoms with Crippen molar-refractivity contribution >= 4 is 34.8 Å². The average molecular weight is 275 g/mol. The fourth-order valence-corrected chi connectivity index (χ4v) is 1.80. The first-order valence-corrected chi connectivity index (χ1v) is 5.55. The maximum Gasteiger partial charge on any atom is 0.255 e. The second-order valence-corrected chi connectivity index (χ2v) is 4.44. The summed E-state index contributed by atoms with van der Waals surface area (Å²) < 4.78 is 0. The van der Waals surface area contributed by atoms with Gasteiger partial charge in [0.2, 0.25) is 0 Å². The van der Waals surface area contributed by atoms with Crippen LogP contribution in [-0.2, 0) is 0 Å². The van der Waals surface area contributed by atoms with Crippen LogP contribution >= 0.6 is 34.8 Å². The number of halogens is 3. The molecule has 2 rings (SSSR count). The molecule has 0 fully saturated rings. The summed E-state index contributed by atoms with van der Waals surface area (Å²) in [7, 11) is 0. The number of hydrogen-bond donors (Lipinski definition) is 1. The van der Waals surface area contributed by atoms with Crippen molar-refractivity contribution < 1.29 is 0 Å². The summed E-state index contributed by atoms with van der Waals surface area (Å²) in [5.41, 5.74) is 0.923. The summed E-state index contributed by atoms with van der Waals surface area (Å²) in [6.07, 6.45) is 1.44. The number of H-pyrrole nitrogens is 1. The lowest BCUT2D eigenvalue weighted by molar-refractivity contribution is 1.24. The zero-order valence-electron chi connectivity index (χ0n) is 7.93. The van der Waals surface area contributed by atoms with Gasteiger partial charge in [-0.05, 0) is 23.8 Å². The van der Waals surface area contributed by atoms with E-state index in [1.165, 1.54) is 6.20 Å². The largest absolute Gasteiger partial charge is 0.327 e. The van der Waals surface area contributed by atoms with Gasteiger partial charge in [0.25, 0.3) is 5.56 Å². The zero-order chi connectivity index (χ0) is 11.7. The molecule has 0 atom stereocenters. The summed E-state index contributed by atoms with van der Waals surface area (Å²) in [4.78, 5) is 14.1. The molecule has 1 aromatic heterocycles. The molecule has 2 nitrogen and oxygen atoms in total. The topological polar surface area (TPSA) is 32.9 Å². The zero-order valence-corrected chi connectivity index (χ0v) is 10.2. The van der Waals surface area contributed by atoms with Crippen molar-refractivity contribution in [3.05, 3.63) is 55.9 Å². The molecule has 0 unspecified atom stereocenters. The Kier molecular flexibility index (Phi) is 3.24. The molecule has 0 saturated heterocycles. The van der Waals surface area contributed by atoms with Gasteiger partial charge in [0.15, 0.2) is 0 Å². The summed E-state index contributed by atoms with van der Waals surface area (Å²) in [6.45, 7) is 0. The van der Waals surface area contributed by atoms with E-state index in [0.29, 0.717) is 26.2 Å². The fraction of sp³-hybridized carbons (Fsp3) is 0. The van der Waals surface area contributed by atoms with Crippen molar-refractivity contribution in [2.24, 2.45) is 0 Å². The first kappa shape index (κ1) is 11.5. The number of benzene rings is 1. The highest BCUT2D eigenvalue weighted by Crippen LogP contribution is 2.27. The summed E-state index contributed by atoms with van der Waals surface area (Å²) in [6, 6.07) is 6.57. The van der Waals surface area contributed by atoms with Crippen LogP contribution in [0.1, 0.15) is 0 Å². The van der Waals surface area contributed by atoms with Gasteiger partial charge in [0, 0.05) is 11.8 Å². The van der Waals surface area contributed by atoms with Crippen LogP contribution in [0.15, 0.2) is 35.3 Å². The standard InChI is InChI=1S/C11H6Cl3NO/c12-7-4-8(11(16)15-5-7)6-1-2-9(13)10(14)3-6/h1-5H,(H,15,16). The van der Waals surface area contributed by atoms with Crippen molar-refractivity contribution in [1.29, 1.82) is 0 Å². The Morgan fingerprint density at radius 2 is 1.75 bits per heavy atom. The van der Waals surface area contributed by atoms with Crippen molar-refractivity contribution in [2.45, 2.75) is 0 Å². The van der Waals surface area contributed by atoms with Gasteiger partial charge < -0.3 is 4.98 Å². The molecule has 0 aliphatic heterocycles. The Balaban J connectivity index is 2.63. The SMILES string of the molecule is O=c1[nH]cc(Cl)cc1-c1ccc(Cl)c(Cl)c1. The van der Waals surface area contributed by atoms with Crippen LogP contribution in [0.2, 0.25) is 15.1 Å². The van der Waals surface area contributed by atoms with Crippen LogP contribution in [0.3, 0.4) is 0 Å². The highest BCUT2D eigenvalue weighted by Gasteiger charge is 2.06. The third kappa shape index (κ3) is 2.24. The molecule has 0 spiro atoms. The Labute approximate surface area is 107 Å². The predicted octanol–water partition coefficient (Wildman–Crippen LogP) is 4.00. The summed E-state index contributed by atoms with van der Waals surface area (Å²) >= 11 is 17.5. The van der Waals surface area contributed by atoms with Crippen LogP contribution in [0, 0.1) is 0 Å². The maximum absolute atomic E-state index is 11.6. The second kappa shape index (κ2) is 4.50. The van der Waals surface area contributed by atoms with Gasteiger partial charge in [0.05, 0.1) is 15.1 Å². The molecule has 1 aromatic carbocycles. The minimum atomic E-state index is -0.220. The number of rotatable bonds is 1. The Bertz CT molecular complexity index is 592. The molecule has 0 saturated carbocycles. The van der Waals surface area contributed by atoms with Gasteiger partial charge in [0.1, 0.15) is 0 Å². The first-order valence-electron chi connectivity index (χ1n) is 4.41. The number of nitrogens with one attached hydrogen (secondary N) is 1. The molecule has 82 valence electrons. The van der Waals surface area contributed by atoms with Gasteiger partial charge in [-0.15, -0.1) is 0 Å². The van der Waals surface area contributed by atoms with Gasteiger partial charge >= 0.3 is 0 Å². The van der Waals surface area contributed by atoms with E-state index in [0.717, 1.165) is 0 Å². The Hall–Kier alpha value is -0.960. The lowest BCUT2D eigenvalue weighted by Gasteiger charge is -2.02. The quantitative estimate of drug-likeness (QED) is 0.837. The van der Waals surface area contributed by atoms with E-state index in [1.807, 2.05) is 0 Å². The molecule has 0 radical (unpaired) electrons. The van der Waals surface area contributed by atoms with Crippen LogP contribution in [0.4, 0.5) is 0 Å². The van der Waals surface area contributed by atoms with E-state index in [1.54, 1.807) is 24.3 Å². The smallest absolute Gasteiger partial charge is 0.255 e. The molecule has 1 N–H and O–H groups in total. The highest BCUT2D eigenvalue weighted by atomic mass is 35.5. The summed E-state index contributed by atoms with van der Waals surface area (Å²) in [5.74, 6) is 0. The maximum atomic E-state index is 11.6. The number of pyridine rings is 1. The third-order valence-corrected chi connectivity index (χ3v) is 3.06. The minimum Gasteiger partial charge on any atom is -0.327 e. The van der Waals surface area contributed by atoms with Crippen LogP contribution in [-0.4, -0.2) is 4.98 Å². The molecule has 0 aliphatic rings. The van der Waals surface area contributed by atoms with Crippen LogP contribution < -0.4 is 5.56 Å². The van der Waals surface area contributed by atoms with Gasteiger partial charge in [-0.1, -0.05) is 40.9 Å². The third-order valence-electron chi connectivity index (χ3n) is 2.10. The monoisotopic (exact) mass is 273 g/mol. The van der Waals surface area contributed by atoms with Crippen LogP contribution in [0.25, 0.3) is 11.1 Å². The average Bonchev–Trinajstić information content (AvgIpc) is 2.26. The molecule has 1 heterocycles. The predicted molar refractivity (Wildman–Crippen MR) is 67.5 cm³/mol. The normalized spacial score (nSPS) is 10.4. The molecule has 0 amide bonds. The molecule has 2 aromatic rings. The number of aromatic amines is 1. The number of aromatic nitrogens is 1. The minimum absolute atomic E-state index is 0.220. The van der Waals surface area contributed by atoms with Crippen molar-refractivity contribution in [3.8, 4) is 11.1 Å². The first-order chi connectivity index (χ1) is 7.58. The fourth-order valence-electron chi connectivity index (χ4n) is 1.34. The van der Waals surface area contributed by atoms with Crippen molar-refractivity contribution in [1.82, 2.24) is 4.98 Å². The lowest BCUT2D eigenvalue weighted by Crippen LogP contribution is -2.07. The van der Waals surface area contributed by atoms with E-state index >= 15 is 0 Å². The highest BCUT2D eigenvalue weighted by molar-refractivity contribution is 6.42. The van der Waals surface area contributed by atoms with E-state index in [4.69, 9.17) is 34.8 Å². The van der Waals surface area contributed by atoms with Crippen molar-refractivity contribution in [3.63, 3.8) is 0 Å². The van der Waals surface area contributed by atoms with Gasteiger partial charge in [-0.25, -0.2) is 0 Å². The molecule has 0 aliphatic carbocycles. The van der Waals surface area contributed by atoms with E-state index < -0.39 is 0 Å². The Morgan fingerprint density at radius 1 is 1.00 bits per heavy atom. The van der Waals surface area contributed by atoms with Crippen LogP contribution in [0.5, 0.6) is 0 Å².